The minimum atomic E-state index is -0.281. The van der Waals surface area contributed by atoms with Gasteiger partial charge in [-0.3, -0.25) is 4.84 Å². The number of nitrogens with two attached hydrogens (primary N) is 1. The highest BCUT2D eigenvalue weighted by Crippen LogP contribution is 1.94. The van der Waals surface area contributed by atoms with Crippen LogP contribution in [0.2, 0.25) is 0 Å². The molecule has 0 radical (unpaired) electrons. The number of hydroxylamine groups is 1. The summed E-state index contributed by atoms with van der Waals surface area (Å²) in [6, 6.07) is 2.60. The van der Waals surface area contributed by atoms with Crippen LogP contribution in [0.5, 0.6) is 0 Å². The monoisotopic (exact) mass is 196 g/mol. The fraction of sp³-hybridized carbons (Fsp3) is 0.600. The van der Waals surface area contributed by atoms with E-state index in [1.807, 2.05) is 6.92 Å². The van der Waals surface area contributed by atoms with Gasteiger partial charge in [0, 0.05) is 19.0 Å². The third-order valence-electron chi connectivity index (χ3n) is 1.24. The van der Waals surface area contributed by atoms with Crippen LogP contribution in [-0.4, -0.2) is 25.9 Å². The molecule has 0 aromatic carbocycles. The first-order chi connectivity index (χ1) is 6.85. The van der Waals surface area contributed by atoms with E-state index in [2.05, 4.69) is 23.4 Å². The lowest BCUT2D eigenvalue weighted by Gasteiger charge is -2.07. The Hall–Kier alpha value is -1.20. The van der Waals surface area contributed by atoms with E-state index in [1.165, 1.54) is 0 Å². The largest absolute Gasteiger partial charge is 0.363 e. The Morgan fingerprint density at radius 3 is 2.93 bits per heavy atom. The zero-order valence-corrected chi connectivity index (χ0v) is 8.38. The highest BCUT2D eigenvalue weighted by molar-refractivity contribution is 5.06. The summed E-state index contributed by atoms with van der Waals surface area (Å²) in [5, 5.41) is 0. The summed E-state index contributed by atoms with van der Waals surface area (Å²) in [6.07, 6.45) is 5.32. The predicted octanol–water partition coefficient (Wildman–Crippen LogP) is -0.144. The van der Waals surface area contributed by atoms with Crippen molar-refractivity contribution in [2.75, 3.05) is 19.8 Å². The van der Waals surface area contributed by atoms with Crippen LogP contribution in [0.1, 0.15) is 13.3 Å². The molecule has 0 fully saturated rings. The van der Waals surface area contributed by atoms with Crippen molar-refractivity contribution in [3.05, 3.63) is 0 Å². The topological polar surface area (TPSA) is 56.5 Å². The van der Waals surface area contributed by atoms with E-state index in [9.17, 15) is 0 Å². The predicted molar refractivity (Wildman–Crippen MR) is 54.8 cm³/mol. The number of ether oxygens (including phenoxy) is 1. The summed E-state index contributed by atoms with van der Waals surface area (Å²) in [7, 11) is 0. The van der Waals surface area contributed by atoms with E-state index in [4.69, 9.17) is 21.7 Å². The van der Waals surface area contributed by atoms with Crippen LogP contribution in [-0.2, 0) is 9.57 Å². The third kappa shape index (κ3) is 7.45. The van der Waals surface area contributed by atoms with Crippen LogP contribution in [0.25, 0.3) is 0 Å². The van der Waals surface area contributed by atoms with Crippen LogP contribution >= 0.6 is 0 Å². The molecule has 0 aromatic rings. The molecule has 0 saturated heterocycles. The molecule has 0 aliphatic heterocycles. The lowest BCUT2D eigenvalue weighted by atomic mass is 10.3. The van der Waals surface area contributed by atoms with Crippen LogP contribution in [0, 0.1) is 24.3 Å². The molecule has 4 heteroatoms. The molecule has 0 aliphatic carbocycles. The maximum absolute atomic E-state index is 5.28. The van der Waals surface area contributed by atoms with Crippen LogP contribution in [0.15, 0.2) is 0 Å². The average molecular weight is 196 g/mol. The van der Waals surface area contributed by atoms with Crippen molar-refractivity contribution in [2.24, 2.45) is 5.73 Å². The SMILES string of the molecule is C#CCC(C#CNOCC)OCCN. The summed E-state index contributed by atoms with van der Waals surface area (Å²) in [5.41, 5.74) is 7.74. The lowest BCUT2D eigenvalue weighted by molar-refractivity contribution is 0.0860. The van der Waals surface area contributed by atoms with Gasteiger partial charge >= 0.3 is 0 Å². The quantitative estimate of drug-likeness (QED) is 0.268. The maximum atomic E-state index is 5.28. The van der Waals surface area contributed by atoms with Gasteiger partial charge in [-0.05, 0) is 12.8 Å². The normalized spacial score (nSPS) is 10.9. The molecule has 3 N–H and O–H groups in total. The van der Waals surface area contributed by atoms with Gasteiger partial charge in [0.15, 0.2) is 0 Å². The second-order valence-corrected chi connectivity index (χ2v) is 2.36. The van der Waals surface area contributed by atoms with Crippen LogP contribution in [0.4, 0.5) is 0 Å². The molecule has 1 atom stereocenters. The van der Waals surface area contributed by atoms with Gasteiger partial charge in [-0.15, -0.1) is 12.3 Å². The number of hydrogen-bond acceptors (Lipinski definition) is 4. The Bertz CT molecular complexity index is 225. The molecular weight excluding hydrogens is 180 g/mol. The minimum Gasteiger partial charge on any atom is -0.363 e. The first kappa shape index (κ1) is 12.8. The number of nitrogens with one attached hydrogen (secondary N) is 1. The number of hydrogen-bond donors (Lipinski definition) is 2. The first-order valence-electron chi connectivity index (χ1n) is 4.47. The van der Waals surface area contributed by atoms with Gasteiger partial charge in [-0.1, -0.05) is 0 Å². The van der Waals surface area contributed by atoms with E-state index in [0.29, 0.717) is 26.2 Å². The molecule has 4 nitrogen and oxygen atoms in total. The van der Waals surface area contributed by atoms with E-state index in [0.717, 1.165) is 0 Å². The standard InChI is InChI=1S/C10H16N2O2/c1-3-5-10(13-9-7-11)6-8-12-14-4-2/h1,10,12H,4-5,7,9,11H2,2H3. The molecule has 0 aliphatic rings. The Morgan fingerprint density at radius 1 is 1.57 bits per heavy atom. The fourth-order valence-corrected chi connectivity index (χ4v) is 0.687. The smallest absolute Gasteiger partial charge is 0.131 e. The molecule has 0 aromatic heterocycles. The van der Waals surface area contributed by atoms with Crippen molar-refractivity contribution >= 4 is 0 Å². The van der Waals surface area contributed by atoms with Crippen LogP contribution < -0.4 is 11.2 Å². The average Bonchev–Trinajstić information content (AvgIpc) is 2.20. The molecule has 0 heterocycles. The Labute approximate surface area is 85.1 Å². The highest BCUT2D eigenvalue weighted by Gasteiger charge is 2.01. The Morgan fingerprint density at radius 2 is 2.36 bits per heavy atom. The Balaban J connectivity index is 3.80. The maximum Gasteiger partial charge on any atom is 0.131 e. The molecular formula is C10H16N2O2. The second kappa shape index (κ2) is 9.88. The molecule has 0 saturated carbocycles. The van der Waals surface area contributed by atoms with Gasteiger partial charge in [-0.2, -0.15) is 0 Å². The van der Waals surface area contributed by atoms with Crippen LogP contribution in [0.3, 0.4) is 0 Å². The summed E-state index contributed by atoms with van der Waals surface area (Å²) in [4.78, 5) is 4.81. The fourth-order valence-electron chi connectivity index (χ4n) is 0.687. The van der Waals surface area contributed by atoms with Gasteiger partial charge in [0.2, 0.25) is 0 Å². The minimum absolute atomic E-state index is 0.281. The van der Waals surface area contributed by atoms with Crippen molar-refractivity contribution in [3.8, 4) is 24.3 Å². The van der Waals surface area contributed by atoms with Crippen molar-refractivity contribution < 1.29 is 9.57 Å². The van der Waals surface area contributed by atoms with Gasteiger partial charge in [0.25, 0.3) is 0 Å². The van der Waals surface area contributed by atoms with Crippen molar-refractivity contribution in [2.45, 2.75) is 19.4 Å². The van der Waals surface area contributed by atoms with Crippen molar-refractivity contribution in [3.63, 3.8) is 0 Å². The van der Waals surface area contributed by atoms with E-state index in [-0.39, 0.29) is 6.10 Å². The molecule has 1 unspecified atom stereocenters. The van der Waals surface area contributed by atoms with Gasteiger partial charge in [-0.25, -0.2) is 5.48 Å². The molecule has 0 rings (SSSR count). The molecule has 78 valence electrons. The molecule has 0 spiro atoms. The second-order valence-electron chi connectivity index (χ2n) is 2.36. The summed E-state index contributed by atoms with van der Waals surface area (Å²) in [5.74, 6) is 5.26. The van der Waals surface area contributed by atoms with Crippen molar-refractivity contribution in [1.29, 1.82) is 0 Å². The number of rotatable bonds is 6. The summed E-state index contributed by atoms with van der Waals surface area (Å²) in [6.45, 7) is 3.33. The zero-order chi connectivity index (χ0) is 10.6. The molecule has 14 heavy (non-hydrogen) atoms. The van der Waals surface area contributed by atoms with E-state index >= 15 is 0 Å². The number of terminal acetylenes is 1. The van der Waals surface area contributed by atoms with E-state index < -0.39 is 0 Å². The highest BCUT2D eigenvalue weighted by atomic mass is 16.6. The molecule has 0 amide bonds. The summed E-state index contributed by atoms with van der Waals surface area (Å²) >= 11 is 0. The lowest BCUT2D eigenvalue weighted by Crippen LogP contribution is -2.17. The molecule has 0 bridgehead atoms. The van der Waals surface area contributed by atoms with Crippen molar-refractivity contribution in [1.82, 2.24) is 5.48 Å². The Kier molecular flexibility index (Phi) is 9.04. The summed E-state index contributed by atoms with van der Waals surface area (Å²) < 4.78 is 5.28. The zero-order valence-electron chi connectivity index (χ0n) is 8.38. The first-order valence-corrected chi connectivity index (χ1v) is 4.47. The third-order valence-corrected chi connectivity index (χ3v) is 1.24. The van der Waals surface area contributed by atoms with Gasteiger partial charge < -0.3 is 10.5 Å². The van der Waals surface area contributed by atoms with Gasteiger partial charge in [0.1, 0.15) is 6.10 Å². The van der Waals surface area contributed by atoms with E-state index in [1.54, 1.807) is 0 Å². The van der Waals surface area contributed by atoms with Gasteiger partial charge in [0.05, 0.1) is 13.2 Å².